The van der Waals surface area contributed by atoms with Crippen LogP contribution >= 0.6 is 22.9 Å². The van der Waals surface area contributed by atoms with Gasteiger partial charge in [0.25, 0.3) is 5.91 Å². The number of sulfonamides is 1. The van der Waals surface area contributed by atoms with Crippen LogP contribution in [0.4, 0.5) is 0 Å². The zero-order valence-electron chi connectivity index (χ0n) is 16.2. The van der Waals surface area contributed by atoms with Gasteiger partial charge in [-0.15, -0.1) is 0 Å². The third-order valence-electron chi connectivity index (χ3n) is 5.09. The SMILES string of the molecule is Cc1cc(Cl)cc2sc(=NC(=O)c3ccc(S(=O)(=O)N(C)C4CC4)cc3)n(C)c12. The topological polar surface area (TPSA) is 71.7 Å². The van der Waals surface area contributed by atoms with Gasteiger partial charge in [0.1, 0.15) is 0 Å². The van der Waals surface area contributed by atoms with Crippen molar-refractivity contribution in [3.8, 4) is 0 Å². The zero-order chi connectivity index (χ0) is 20.9. The average Bonchev–Trinajstić information content (AvgIpc) is 3.46. The Bertz CT molecular complexity index is 1290. The lowest BCUT2D eigenvalue weighted by Crippen LogP contribution is -2.28. The first-order valence-electron chi connectivity index (χ1n) is 9.11. The quantitative estimate of drug-likeness (QED) is 0.609. The van der Waals surface area contributed by atoms with Crippen molar-refractivity contribution in [3.63, 3.8) is 0 Å². The van der Waals surface area contributed by atoms with Gasteiger partial charge in [0.15, 0.2) is 4.80 Å². The van der Waals surface area contributed by atoms with Crippen LogP contribution in [0.1, 0.15) is 28.8 Å². The van der Waals surface area contributed by atoms with E-state index in [0.717, 1.165) is 28.6 Å². The lowest BCUT2D eigenvalue weighted by atomic mass is 10.2. The van der Waals surface area contributed by atoms with Crippen molar-refractivity contribution in [2.24, 2.45) is 12.0 Å². The molecule has 0 radical (unpaired) electrons. The van der Waals surface area contributed by atoms with E-state index in [0.29, 0.717) is 15.4 Å². The summed E-state index contributed by atoms with van der Waals surface area (Å²) in [7, 11) is -0.0824. The molecule has 0 bridgehead atoms. The zero-order valence-corrected chi connectivity index (χ0v) is 18.6. The fraction of sp³-hybridized carbons (Fsp3) is 0.300. The number of amides is 1. The molecule has 4 rings (SSSR count). The van der Waals surface area contributed by atoms with Crippen LogP contribution in [0.2, 0.25) is 5.02 Å². The number of benzene rings is 2. The Morgan fingerprint density at radius 2 is 1.90 bits per heavy atom. The Labute approximate surface area is 178 Å². The van der Waals surface area contributed by atoms with E-state index in [1.807, 2.05) is 30.7 Å². The van der Waals surface area contributed by atoms with E-state index in [2.05, 4.69) is 4.99 Å². The molecular formula is C20H20ClN3O3S2. The Morgan fingerprint density at radius 1 is 1.24 bits per heavy atom. The summed E-state index contributed by atoms with van der Waals surface area (Å²) in [4.78, 5) is 17.6. The van der Waals surface area contributed by atoms with Gasteiger partial charge in [-0.1, -0.05) is 22.9 Å². The first-order chi connectivity index (χ1) is 13.7. The van der Waals surface area contributed by atoms with Crippen LogP contribution < -0.4 is 4.80 Å². The van der Waals surface area contributed by atoms with E-state index in [-0.39, 0.29) is 10.9 Å². The van der Waals surface area contributed by atoms with Gasteiger partial charge in [-0.2, -0.15) is 9.30 Å². The lowest BCUT2D eigenvalue weighted by molar-refractivity contribution is 0.0998. The van der Waals surface area contributed by atoms with Crippen LogP contribution in [-0.4, -0.2) is 36.3 Å². The molecule has 0 spiro atoms. The minimum atomic E-state index is -3.53. The molecule has 2 aromatic carbocycles. The second kappa shape index (κ2) is 7.36. The fourth-order valence-electron chi connectivity index (χ4n) is 3.29. The van der Waals surface area contributed by atoms with E-state index >= 15 is 0 Å². The summed E-state index contributed by atoms with van der Waals surface area (Å²) < 4.78 is 29.4. The van der Waals surface area contributed by atoms with Crippen LogP contribution in [0.3, 0.4) is 0 Å². The summed E-state index contributed by atoms with van der Waals surface area (Å²) in [6.45, 7) is 1.96. The minimum absolute atomic E-state index is 0.0845. The number of hydrogen-bond acceptors (Lipinski definition) is 4. The number of nitrogens with zero attached hydrogens (tertiary/aromatic N) is 3. The number of aryl methyl sites for hydroxylation is 2. The van der Waals surface area contributed by atoms with E-state index < -0.39 is 15.9 Å². The van der Waals surface area contributed by atoms with Gasteiger partial charge in [0.2, 0.25) is 10.0 Å². The highest BCUT2D eigenvalue weighted by atomic mass is 35.5. The highest BCUT2D eigenvalue weighted by Crippen LogP contribution is 2.30. The molecule has 6 nitrogen and oxygen atoms in total. The van der Waals surface area contributed by atoms with E-state index in [9.17, 15) is 13.2 Å². The van der Waals surface area contributed by atoms with Crippen LogP contribution in [0.25, 0.3) is 10.2 Å². The monoisotopic (exact) mass is 449 g/mol. The van der Waals surface area contributed by atoms with Crippen LogP contribution in [-0.2, 0) is 17.1 Å². The van der Waals surface area contributed by atoms with Crippen molar-refractivity contribution in [3.05, 3.63) is 57.3 Å². The van der Waals surface area contributed by atoms with E-state index in [4.69, 9.17) is 11.6 Å². The molecule has 1 fully saturated rings. The molecule has 9 heteroatoms. The maximum atomic E-state index is 12.6. The van der Waals surface area contributed by atoms with Crippen LogP contribution in [0.5, 0.6) is 0 Å². The Hall–Kier alpha value is -2.00. The molecule has 29 heavy (non-hydrogen) atoms. The second-order valence-corrected chi connectivity index (χ2v) is 10.6. The van der Waals surface area contributed by atoms with E-state index in [1.165, 1.54) is 39.9 Å². The average molecular weight is 450 g/mol. The van der Waals surface area contributed by atoms with Gasteiger partial charge in [0, 0.05) is 30.7 Å². The highest BCUT2D eigenvalue weighted by molar-refractivity contribution is 7.89. The number of carbonyl (C=O) groups is 1. The number of fused-ring (bicyclic) bond motifs is 1. The van der Waals surface area contributed by atoms with Crippen molar-refractivity contribution in [1.82, 2.24) is 8.87 Å². The predicted molar refractivity (Wildman–Crippen MR) is 115 cm³/mol. The number of aromatic nitrogens is 1. The van der Waals surface area contributed by atoms with Gasteiger partial charge < -0.3 is 4.57 Å². The molecule has 0 aliphatic heterocycles. The normalized spacial score (nSPS) is 15.4. The van der Waals surface area contributed by atoms with Crippen molar-refractivity contribution in [2.75, 3.05) is 7.05 Å². The third-order valence-corrected chi connectivity index (χ3v) is 8.31. The van der Waals surface area contributed by atoms with Crippen molar-refractivity contribution >= 4 is 49.1 Å². The molecule has 1 aliphatic rings. The highest BCUT2D eigenvalue weighted by Gasteiger charge is 2.35. The van der Waals surface area contributed by atoms with Gasteiger partial charge in [-0.3, -0.25) is 4.79 Å². The Balaban J connectivity index is 1.66. The number of halogens is 1. The molecule has 1 saturated carbocycles. The summed E-state index contributed by atoms with van der Waals surface area (Å²) in [5.74, 6) is -0.421. The maximum Gasteiger partial charge on any atom is 0.279 e. The number of rotatable bonds is 4. The first kappa shape index (κ1) is 20.3. The first-order valence-corrected chi connectivity index (χ1v) is 11.7. The number of carbonyl (C=O) groups excluding carboxylic acids is 1. The minimum Gasteiger partial charge on any atom is -0.319 e. The Kier molecular flexibility index (Phi) is 5.14. The molecule has 1 heterocycles. The fourth-order valence-corrected chi connectivity index (χ4v) is 6.18. The van der Waals surface area contributed by atoms with Gasteiger partial charge in [-0.25, -0.2) is 8.42 Å². The molecule has 1 aliphatic carbocycles. The maximum absolute atomic E-state index is 12.6. The summed E-state index contributed by atoms with van der Waals surface area (Å²) >= 11 is 7.52. The molecule has 1 amide bonds. The molecule has 0 unspecified atom stereocenters. The largest absolute Gasteiger partial charge is 0.319 e. The van der Waals surface area contributed by atoms with Crippen LogP contribution in [0.15, 0.2) is 46.3 Å². The predicted octanol–water partition coefficient (Wildman–Crippen LogP) is 3.73. The number of thiazole rings is 1. The third kappa shape index (κ3) is 3.77. The molecule has 1 aromatic heterocycles. The summed E-state index contributed by atoms with van der Waals surface area (Å²) in [5.41, 5.74) is 2.33. The summed E-state index contributed by atoms with van der Waals surface area (Å²) in [6, 6.07) is 9.76. The van der Waals surface area contributed by atoms with Gasteiger partial charge in [0.05, 0.1) is 15.1 Å². The lowest BCUT2D eigenvalue weighted by Gasteiger charge is -2.16. The van der Waals surface area contributed by atoms with Crippen molar-refractivity contribution in [2.45, 2.75) is 30.7 Å². The molecule has 0 N–H and O–H groups in total. The molecule has 152 valence electrons. The van der Waals surface area contributed by atoms with Crippen LogP contribution in [0, 0.1) is 6.92 Å². The summed E-state index contributed by atoms with van der Waals surface area (Å²) in [6.07, 6.45) is 1.78. The standard InChI is InChI=1S/C20H20ClN3O3S2/c1-12-10-14(21)11-17-18(12)23(2)20(28-17)22-19(25)13-4-8-16(9-5-13)29(26,27)24(3)15-6-7-15/h4-5,8-11,15H,6-7H2,1-3H3. The van der Waals surface area contributed by atoms with Crippen molar-refractivity contribution < 1.29 is 13.2 Å². The van der Waals surface area contributed by atoms with Gasteiger partial charge >= 0.3 is 0 Å². The molecule has 3 aromatic rings. The molecule has 0 saturated heterocycles. The summed E-state index contributed by atoms with van der Waals surface area (Å²) in [5, 5.41) is 0.641. The number of hydrogen-bond donors (Lipinski definition) is 0. The molecular weight excluding hydrogens is 430 g/mol. The second-order valence-electron chi connectivity index (χ2n) is 7.21. The van der Waals surface area contributed by atoms with Gasteiger partial charge in [-0.05, 0) is 61.7 Å². The van der Waals surface area contributed by atoms with E-state index in [1.54, 1.807) is 7.05 Å². The Morgan fingerprint density at radius 3 is 2.52 bits per heavy atom. The smallest absolute Gasteiger partial charge is 0.279 e. The molecule has 0 atom stereocenters. The van der Waals surface area contributed by atoms with Crippen molar-refractivity contribution in [1.29, 1.82) is 0 Å².